The maximum absolute atomic E-state index is 11.5. The minimum atomic E-state index is -0.608. The Morgan fingerprint density at radius 1 is 1.50 bits per heavy atom. The van der Waals surface area contributed by atoms with Gasteiger partial charge < -0.3 is 14.8 Å². The lowest BCUT2D eigenvalue weighted by atomic mass is 10.2. The Morgan fingerprint density at radius 3 is 2.75 bits per heavy atom. The Labute approximate surface area is 117 Å². The summed E-state index contributed by atoms with van der Waals surface area (Å²) in [6.07, 6.45) is 0. The summed E-state index contributed by atoms with van der Waals surface area (Å²) >= 11 is 0. The molecule has 0 fully saturated rings. The number of carbonyl (C=O) groups excluding carboxylic acids is 1. The standard InChI is InChI=1S/C13H18N2O5/c1-4-14-10(13(16)19-3)8-20-12-7-5-6-11(9(12)2)15(17)18/h5-7,10,14H,4,8H2,1-3H3. The number of likely N-dealkylation sites (N-methyl/N-ethyl adjacent to an activating group) is 1. The second-order valence-corrected chi connectivity index (χ2v) is 4.10. The van der Waals surface area contributed by atoms with E-state index in [2.05, 4.69) is 10.1 Å². The molecule has 1 aromatic rings. The van der Waals surface area contributed by atoms with Gasteiger partial charge in [0.2, 0.25) is 0 Å². The molecule has 0 aromatic heterocycles. The normalized spacial score (nSPS) is 11.8. The maximum Gasteiger partial charge on any atom is 0.326 e. The van der Waals surface area contributed by atoms with E-state index in [-0.39, 0.29) is 12.3 Å². The number of hydrogen-bond donors (Lipinski definition) is 1. The Bertz CT molecular complexity index is 490. The number of rotatable bonds is 7. The fourth-order valence-electron chi connectivity index (χ4n) is 1.73. The van der Waals surface area contributed by atoms with Crippen LogP contribution in [0.5, 0.6) is 5.75 Å². The number of nitro benzene ring substituents is 1. The molecule has 1 unspecified atom stereocenters. The van der Waals surface area contributed by atoms with Crippen LogP contribution in [0.1, 0.15) is 12.5 Å². The Hall–Kier alpha value is -2.15. The van der Waals surface area contributed by atoms with Crippen LogP contribution >= 0.6 is 0 Å². The third kappa shape index (κ3) is 3.92. The zero-order valence-corrected chi connectivity index (χ0v) is 11.7. The highest BCUT2D eigenvalue weighted by Gasteiger charge is 2.20. The molecule has 1 atom stereocenters. The number of methoxy groups -OCH3 is 1. The van der Waals surface area contributed by atoms with Crippen molar-refractivity contribution in [3.8, 4) is 5.75 Å². The molecule has 110 valence electrons. The van der Waals surface area contributed by atoms with Crippen LogP contribution in [0.25, 0.3) is 0 Å². The highest BCUT2D eigenvalue weighted by Crippen LogP contribution is 2.26. The van der Waals surface area contributed by atoms with Crippen molar-refractivity contribution >= 4 is 11.7 Å². The average Bonchev–Trinajstić information content (AvgIpc) is 2.43. The number of hydrogen-bond acceptors (Lipinski definition) is 6. The number of nitrogens with one attached hydrogen (secondary N) is 1. The molecule has 0 saturated carbocycles. The molecule has 7 heteroatoms. The van der Waals surface area contributed by atoms with Crippen molar-refractivity contribution in [3.05, 3.63) is 33.9 Å². The van der Waals surface area contributed by atoms with Crippen LogP contribution in [-0.4, -0.2) is 37.2 Å². The van der Waals surface area contributed by atoms with E-state index in [4.69, 9.17) is 4.74 Å². The number of nitro groups is 1. The predicted molar refractivity (Wildman–Crippen MR) is 72.8 cm³/mol. The highest BCUT2D eigenvalue weighted by molar-refractivity contribution is 5.75. The van der Waals surface area contributed by atoms with Crippen molar-refractivity contribution in [2.24, 2.45) is 0 Å². The molecular weight excluding hydrogens is 264 g/mol. The van der Waals surface area contributed by atoms with Crippen molar-refractivity contribution in [2.75, 3.05) is 20.3 Å². The number of ether oxygens (including phenoxy) is 2. The third-order valence-corrected chi connectivity index (χ3v) is 2.79. The van der Waals surface area contributed by atoms with Crippen molar-refractivity contribution in [2.45, 2.75) is 19.9 Å². The second kappa shape index (κ2) is 7.44. The molecule has 0 bridgehead atoms. The summed E-state index contributed by atoms with van der Waals surface area (Å²) in [7, 11) is 1.30. The molecule has 0 aliphatic heterocycles. The molecule has 20 heavy (non-hydrogen) atoms. The van der Waals surface area contributed by atoms with Crippen molar-refractivity contribution in [1.29, 1.82) is 0 Å². The molecule has 0 heterocycles. The van der Waals surface area contributed by atoms with Crippen LogP contribution in [0, 0.1) is 17.0 Å². The van der Waals surface area contributed by atoms with E-state index in [1.165, 1.54) is 13.2 Å². The van der Waals surface area contributed by atoms with E-state index < -0.39 is 16.9 Å². The number of nitrogens with zero attached hydrogens (tertiary/aromatic N) is 1. The Balaban J connectivity index is 2.80. The third-order valence-electron chi connectivity index (χ3n) is 2.79. The van der Waals surface area contributed by atoms with Crippen LogP contribution in [0.3, 0.4) is 0 Å². The largest absolute Gasteiger partial charge is 0.491 e. The lowest BCUT2D eigenvalue weighted by molar-refractivity contribution is -0.385. The first-order valence-electron chi connectivity index (χ1n) is 6.19. The summed E-state index contributed by atoms with van der Waals surface area (Å²) in [5.41, 5.74) is 0.415. The van der Waals surface area contributed by atoms with E-state index in [0.29, 0.717) is 17.9 Å². The molecule has 1 aromatic carbocycles. The number of benzene rings is 1. The predicted octanol–water partition coefficient (Wildman–Crippen LogP) is 1.43. The molecule has 0 spiro atoms. The van der Waals surface area contributed by atoms with E-state index >= 15 is 0 Å². The summed E-state index contributed by atoms with van der Waals surface area (Å²) in [6.45, 7) is 4.09. The van der Waals surface area contributed by atoms with E-state index in [0.717, 1.165) is 0 Å². The van der Waals surface area contributed by atoms with Gasteiger partial charge in [0.05, 0.1) is 17.6 Å². The fraction of sp³-hybridized carbons (Fsp3) is 0.462. The quantitative estimate of drug-likeness (QED) is 0.462. The Morgan fingerprint density at radius 2 is 2.20 bits per heavy atom. The zero-order chi connectivity index (χ0) is 15.1. The molecule has 1 rings (SSSR count). The van der Waals surface area contributed by atoms with Crippen molar-refractivity contribution < 1.29 is 19.2 Å². The molecule has 0 saturated heterocycles. The van der Waals surface area contributed by atoms with E-state index in [9.17, 15) is 14.9 Å². The summed E-state index contributed by atoms with van der Waals surface area (Å²) in [5.74, 6) is -0.0547. The molecule has 0 aliphatic carbocycles. The fourth-order valence-corrected chi connectivity index (χ4v) is 1.73. The van der Waals surface area contributed by atoms with Crippen LogP contribution in [-0.2, 0) is 9.53 Å². The molecule has 7 nitrogen and oxygen atoms in total. The van der Waals surface area contributed by atoms with Crippen molar-refractivity contribution in [3.63, 3.8) is 0 Å². The summed E-state index contributed by atoms with van der Waals surface area (Å²) in [5, 5.41) is 13.8. The topological polar surface area (TPSA) is 90.7 Å². The number of carbonyl (C=O) groups is 1. The minimum Gasteiger partial charge on any atom is -0.491 e. The summed E-state index contributed by atoms with van der Waals surface area (Å²) in [4.78, 5) is 21.9. The van der Waals surface area contributed by atoms with Gasteiger partial charge in [-0.1, -0.05) is 13.0 Å². The van der Waals surface area contributed by atoms with Gasteiger partial charge in [-0.25, -0.2) is 0 Å². The first-order valence-corrected chi connectivity index (χ1v) is 6.19. The second-order valence-electron chi connectivity index (χ2n) is 4.10. The van der Waals surface area contributed by atoms with Gasteiger partial charge in [-0.2, -0.15) is 0 Å². The van der Waals surface area contributed by atoms with Gasteiger partial charge in [-0.15, -0.1) is 0 Å². The smallest absolute Gasteiger partial charge is 0.326 e. The highest BCUT2D eigenvalue weighted by atomic mass is 16.6. The van der Waals surface area contributed by atoms with Crippen LogP contribution < -0.4 is 10.1 Å². The van der Waals surface area contributed by atoms with Crippen molar-refractivity contribution in [1.82, 2.24) is 5.32 Å². The van der Waals surface area contributed by atoms with E-state index in [1.54, 1.807) is 19.1 Å². The van der Waals surface area contributed by atoms with Crippen LogP contribution in [0.15, 0.2) is 18.2 Å². The van der Waals surface area contributed by atoms with E-state index in [1.807, 2.05) is 6.92 Å². The van der Waals surface area contributed by atoms with Gasteiger partial charge in [0, 0.05) is 6.07 Å². The molecular formula is C13H18N2O5. The average molecular weight is 282 g/mol. The minimum absolute atomic E-state index is 0.0134. The number of esters is 1. The monoisotopic (exact) mass is 282 g/mol. The summed E-state index contributed by atoms with van der Waals surface area (Å²) < 4.78 is 10.2. The first kappa shape index (κ1) is 15.9. The van der Waals surface area contributed by atoms with Gasteiger partial charge >= 0.3 is 5.97 Å². The van der Waals surface area contributed by atoms with Gasteiger partial charge in [0.25, 0.3) is 5.69 Å². The van der Waals surface area contributed by atoms with Gasteiger partial charge in [-0.3, -0.25) is 14.9 Å². The van der Waals surface area contributed by atoms with Crippen LogP contribution in [0.4, 0.5) is 5.69 Å². The van der Waals surface area contributed by atoms with Gasteiger partial charge in [0.1, 0.15) is 18.4 Å². The molecule has 1 N–H and O–H groups in total. The lowest BCUT2D eigenvalue weighted by Crippen LogP contribution is -2.42. The molecule has 0 radical (unpaired) electrons. The van der Waals surface area contributed by atoms with Gasteiger partial charge in [-0.05, 0) is 19.5 Å². The SMILES string of the molecule is CCNC(COc1cccc([N+](=O)[O-])c1C)C(=O)OC. The summed E-state index contributed by atoms with van der Waals surface area (Å²) in [6, 6.07) is 3.97. The van der Waals surface area contributed by atoms with Crippen LogP contribution in [0.2, 0.25) is 0 Å². The molecule has 0 amide bonds. The Kier molecular flexibility index (Phi) is 5.92. The zero-order valence-electron chi connectivity index (χ0n) is 11.7. The lowest BCUT2D eigenvalue weighted by Gasteiger charge is -2.17. The van der Waals surface area contributed by atoms with Gasteiger partial charge in [0.15, 0.2) is 0 Å². The molecule has 0 aliphatic rings. The maximum atomic E-state index is 11.5. The first-order chi connectivity index (χ1) is 9.51.